The number of anilines is 1. The number of imidazole rings is 1. The average Bonchev–Trinajstić information content (AvgIpc) is 2.89. The Hall–Kier alpha value is -2.95. The number of ether oxygens (including phenoxy) is 1. The van der Waals surface area contributed by atoms with Gasteiger partial charge in [0.25, 0.3) is 5.91 Å². The number of nitrogens with zero attached hydrogens (tertiary/aromatic N) is 5. The van der Waals surface area contributed by atoms with E-state index in [0.29, 0.717) is 27.5 Å². The standard InChI is InChI=1S/C15H16BrN7O3/c1-22(2)10(24)7-26-9-5-3-4-8(18-9)6-23-13-11(19-14(23)16)12(17)20-15(25)21-13/h3-5H,6-7H2,1-2H3,(H3,17,20,21,25). The fraction of sp³-hybridized carbons (Fsp3) is 0.267. The highest BCUT2D eigenvalue weighted by Gasteiger charge is 2.15. The quantitative estimate of drug-likeness (QED) is 0.568. The normalized spacial score (nSPS) is 10.9. The minimum absolute atomic E-state index is 0.103. The van der Waals surface area contributed by atoms with E-state index in [-0.39, 0.29) is 24.9 Å². The van der Waals surface area contributed by atoms with Crippen LogP contribution < -0.4 is 16.2 Å². The minimum atomic E-state index is -0.559. The summed E-state index contributed by atoms with van der Waals surface area (Å²) in [5, 5.41) is 0. The van der Waals surface area contributed by atoms with E-state index in [9.17, 15) is 9.59 Å². The zero-order valence-corrected chi connectivity index (χ0v) is 15.6. The molecule has 0 aliphatic carbocycles. The Balaban J connectivity index is 1.87. The lowest BCUT2D eigenvalue weighted by Gasteiger charge is -2.11. The van der Waals surface area contributed by atoms with E-state index in [4.69, 9.17) is 10.5 Å². The van der Waals surface area contributed by atoms with Crippen LogP contribution in [0.3, 0.4) is 0 Å². The largest absolute Gasteiger partial charge is 0.468 e. The number of hydrogen-bond acceptors (Lipinski definition) is 7. The van der Waals surface area contributed by atoms with Crippen LogP contribution in [0.5, 0.6) is 5.88 Å². The van der Waals surface area contributed by atoms with Crippen LogP contribution >= 0.6 is 15.9 Å². The molecule has 0 spiro atoms. The van der Waals surface area contributed by atoms with E-state index in [1.165, 1.54) is 4.90 Å². The van der Waals surface area contributed by atoms with Crippen molar-refractivity contribution in [2.75, 3.05) is 26.4 Å². The number of nitrogens with one attached hydrogen (secondary N) is 1. The van der Waals surface area contributed by atoms with Crippen LogP contribution in [-0.2, 0) is 11.3 Å². The highest BCUT2D eigenvalue weighted by atomic mass is 79.9. The summed E-state index contributed by atoms with van der Waals surface area (Å²) in [4.78, 5) is 39.6. The second kappa shape index (κ2) is 7.12. The number of pyridine rings is 1. The summed E-state index contributed by atoms with van der Waals surface area (Å²) >= 11 is 3.34. The monoisotopic (exact) mass is 421 g/mol. The van der Waals surface area contributed by atoms with Crippen LogP contribution in [0.2, 0.25) is 0 Å². The topological polar surface area (TPSA) is 132 Å². The number of halogens is 1. The third kappa shape index (κ3) is 3.67. The molecule has 3 heterocycles. The van der Waals surface area contributed by atoms with Gasteiger partial charge in [-0.05, 0) is 22.0 Å². The van der Waals surface area contributed by atoms with Crippen LogP contribution in [0.15, 0.2) is 27.7 Å². The molecule has 0 aromatic carbocycles. The van der Waals surface area contributed by atoms with Gasteiger partial charge in [-0.15, -0.1) is 0 Å². The van der Waals surface area contributed by atoms with Crippen molar-refractivity contribution in [3.05, 3.63) is 39.1 Å². The molecule has 0 fully saturated rings. The van der Waals surface area contributed by atoms with E-state index in [1.807, 2.05) is 0 Å². The van der Waals surface area contributed by atoms with Crippen molar-refractivity contribution in [2.45, 2.75) is 6.54 Å². The maximum Gasteiger partial charge on any atom is 0.348 e. The molecule has 11 heteroatoms. The van der Waals surface area contributed by atoms with Gasteiger partial charge in [-0.3, -0.25) is 14.3 Å². The summed E-state index contributed by atoms with van der Waals surface area (Å²) in [6.45, 7) is 0.181. The second-order valence-electron chi connectivity index (χ2n) is 5.64. The minimum Gasteiger partial charge on any atom is -0.468 e. The first-order chi connectivity index (χ1) is 12.3. The van der Waals surface area contributed by atoms with Crippen molar-refractivity contribution in [2.24, 2.45) is 0 Å². The Morgan fingerprint density at radius 1 is 1.35 bits per heavy atom. The molecule has 0 bridgehead atoms. The first kappa shape index (κ1) is 17.9. The van der Waals surface area contributed by atoms with E-state index < -0.39 is 5.69 Å². The smallest absolute Gasteiger partial charge is 0.348 e. The number of rotatable bonds is 5. The Kier molecular flexibility index (Phi) is 4.89. The molecule has 0 saturated heterocycles. The molecule has 3 aromatic heterocycles. The summed E-state index contributed by atoms with van der Waals surface area (Å²) in [5.41, 5.74) is 6.60. The van der Waals surface area contributed by atoms with Gasteiger partial charge in [0.15, 0.2) is 17.0 Å². The molecule has 3 rings (SSSR count). The number of fused-ring (bicyclic) bond motifs is 1. The van der Waals surface area contributed by atoms with Crippen molar-refractivity contribution in [1.29, 1.82) is 0 Å². The van der Waals surface area contributed by atoms with Gasteiger partial charge in [-0.1, -0.05) is 6.07 Å². The molecule has 136 valence electrons. The SMILES string of the molecule is CN(C)C(=O)COc1cccc(Cn2c(Br)nc3c(N)[nH]c(=O)nc32)n1. The molecule has 3 aromatic rings. The average molecular weight is 422 g/mol. The zero-order chi connectivity index (χ0) is 18.8. The number of amides is 1. The lowest BCUT2D eigenvalue weighted by Crippen LogP contribution is -2.27. The van der Waals surface area contributed by atoms with Crippen molar-refractivity contribution in [1.82, 2.24) is 29.4 Å². The predicted molar refractivity (Wildman–Crippen MR) is 97.8 cm³/mol. The van der Waals surface area contributed by atoms with Crippen LogP contribution in [0.4, 0.5) is 5.82 Å². The molecule has 0 aliphatic heterocycles. The van der Waals surface area contributed by atoms with E-state index in [0.717, 1.165) is 0 Å². The summed E-state index contributed by atoms with van der Waals surface area (Å²) in [5.74, 6) is 0.301. The van der Waals surface area contributed by atoms with Crippen LogP contribution in [0.1, 0.15) is 5.69 Å². The number of aromatic amines is 1. The molecule has 0 radical (unpaired) electrons. The number of hydrogen-bond donors (Lipinski definition) is 2. The Morgan fingerprint density at radius 3 is 2.85 bits per heavy atom. The molecule has 0 atom stereocenters. The van der Waals surface area contributed by atoms with E-state index in [2.05, 4.69) is 35.9 Å². The fourth-order valence-electron chi connectivity index (χ4n) is 2.20. The van der Waals surface area contributed by atoms with Gasteiger partial charge in [0.2, 0.25) is 5.88 Å². The molecule has 26 heavy (non-hydrogen) atoms. The van der Waals surface area contributed by atoms with E-state index >= 15 is 0 Å². The fourth-order valence-corrected chi connectivity index (χ4v) is 2.67. The molecule has 10 nitrogen and oxygen atoms in total. The van der Waals surface area contributed by atoms with Crippen molar-refractivity contribution >= 4 is 38.8 Å². The van der Waals surface area contributed by atoms with Crippen LogP contribution in [-0.4, -0.2) is 56.0 Å². The molecule has 0 saturated carbocycles. The molecule has 1 amide bonds. The number of carbonyl (C=O) groups excluding carboxylic acids is 1. The summed E-state index contributed by atoms with van der Waals surface area (Å²) < 4.78 is 7.54. The maximum absolute atomic E-state index is 11.6. The highest BCUT2D eigenvalue weighted by Crippen LogP contribution is 2.22. The number of H-pyrrole nitrogens is 1. The van der Waals surface area contributed by atoms with E-state index in [1.54, 1.807) is 36.9 Å². The van der Waals surface area contributed by atoms with Crippen molar-refractivity contribution < 1.29 is 9.53 Å². The van der Waals surface area contributed by atoms with Crippen LogP contribution in [0.25, 0.3) is 11.2 Å². The van der Waals surface area contributed by atoms with Gasteiger partial charge in [-0.2, -0.15) is 4.98 Å². The Morgan fingerprint density at radius 2 is 2.12 bits per heavy atom. The zero-order valence-electron chi connectivity index (χ0n) is 14.1. The number of carbonyl (C=O) groups is 1. The number of nitrogen functional groups attached to an aromatic ring is 1. The van der Waals surface area contributed by atoms with Crippen molar-refractivity contribution in [3.8, 4) is 5.88 Å². The molecular weight excluding hydrogens is 406 g/mol. The van der Waals surface area contributed by atoms with Gasteiger partial charge in [0, 0.05) is 20.2 Å². The Labute approximate surface area is 156 Å². The van der Waals surface area contributed by atoms with Crippen LogP contribution in [0, 0.1) is 0 Å². The first-order valence-electron chi connectivity index (χ1n) is 7.55. The highest BCUT2D eigenvalue weighted by molar-refractivity contribution is 9.10. The van der Waals surface area contributed by atoms with Gasteiger partial charge >= 0.3 is 5.69 Å². The van der Waals surface area contributed by atoms with Gasteiger partial charge in [-0.25, -0.2) is 14.8 Å². The summed E-state index contributed by atoms with van der Waals surface area (Å²) in [7, 11) is 3.30. The first-order valence-corrected chi connectivity index (χ1v) is 8.35. The summed E-state index contributed by atoms with van der Waals surface area (Å²) in [6.07, 6.45) is 0. The van der Waals surface area contributed by atoms with Gasteiger partial charge in [0.1, 0.15) is 11.3 Å². The lowest BCUT2D eigenvalue weighted by molar-refractivity contribution is -0.130. The summed E-state index contributed by atoms with van der Waals surface area (Å²) in [6, 6.07) is 5.21. The number of aromatic nitrogens is 5. The number of likely N-dealkylation sites (N-methyl/N-ethyl adjacent to an activating group) is 1. The van der Waals surface area contributed by atoms with Crippen molar-refractivity contribution in [3.63, 3.8) is 0 Å². The lowest BCUT2D eigenvalue weighted by atomic mass is 10.3. The predicted octanol–water partition coefficient (Wildman–Crippen LogP) is 0.375. The molecule has 3 N–H and O–H groups in total. The maximum atomic E-state index is 11.6. The Bertz CT molecular complexity index is 1030. The third-order valence-corrected chi connectivity index (χ3v) is 4.15. The molecule has 0 unspecified atom stereocenters. The number of nitrogens with two attached hydrogens (primary N) is 1. The molecular formula is C15H16BrN7O3. The van der Waals surface area contributed by atoms with Gasteiger partial charge in [0.05, 0.1) is 12.2 Å². The molecule has 0 aliphatic rings. The second-order valence-corrected chi connectivity index (χ2v) is 6.35. The van der Waals surface area contributed by atoms with Gasteiger partial charge < -0.3 is 15.4 Å². The third-order valence-electron chi connectivity index (χ3n) is 3.54.